The molecule has 0 saturated carbocycles. The number of ether oxygens (including phenoxy) is 3. The van der Waals surface area contributed by atoms with Gasteiger partial charge in [0, 0.05) is 11.1 Å². The molecule has 180 valence electrons. The minimum absolute atomic E-state index is 0.0102. The predicted molar refractivity (Wildman–Crippen MR) is 126 cm³/mol. The fraction of sp³-hybridized carbons (Fsp3) is 0.375. The first-order chi connectivity index (χ1) is 16.5. The Labute approximate surface area is 206 Å². The average molecular weight is 508 g/mol. The van der Waals surface area contributed by atoms with Crippen molar-refractivity contribution >= 4 is 29.1 Å². The summed E-state index contributed by atoms with van der Waals surface area (Å²) in [6.07, 6.45) is 3.93. The van der Waals surface area contributed by atoms with Gasteiger partial charge in [-0.2, -0.15) is 10.2 Å². The number of nitrogens with one attached hydrogen (secondary N) is 1. The Bertz CT molecular complexity index is 1060. The van der Waals surface area contributed by atoms with E-state index >= 15 is 0 Å². The van der Waals surface area contributed by atoms with Crippen LogP contribution in [0.1, 0.15) is 18.4 Å². The number of halogens is 3. The van der Waals surface area contributed by atoms with Crippen molar-refractivity contribution in [2.45, 2.75) is 37.6 Å². The van der Waals surface area contributed by atoms with Crippen LogP contribution in [0.5, 0.6) is 5.75 Å². The molecule has 10 heteroatoms. The van der Waals surface area contributed by atoms with E-state index in [0.29, 0.717) is 5.70 Å². The summed E-state index contributed by atoms with van der Waals surface area (Å²) in [5.74, 6) is -0.762. The van der Waals surface area contributed by atoms with Crippen LogP contribution >= 0.6 is 23.2 Å². The van der Waals surface area contributed by atoms with Crippen molar-refractivity contribution in [3.63, 3.8) is 0 Å². The van der Waals surface area contributed by atoms with Crippen LogP contribution in [0.3, 0.4) is 0 Å². The monoisotopic (exact) mass is 507 g/mol. The molecule has 0 spiro atoms. The van der Waals surface area contributed by atoms with Crippen LogP contribution in [0, 0.1) is 5.82 Å². The lowest BCUT2D eigenvalue weighted by Gasteiger charge is -2.30. The second-order valence-corrected chi connectivity index (χ2v) is 8.87. The van der Waals surface area contributed by atoms with E-state index in [4.69, 9.17) is 37.4 Å². The number of benzene rings is 2. The van der Waals surface area contributed by atoms with Crippen LogP contribution in [0.2, 0.25) is 10.0 Å². The molecule has 1 atom stereocenters. The Kier molecular flexibility index (Phi) is 8.50. The predicted octanol–water partition coefficient (Wildman–Crippen LogP) is 5.11. The van der Waals surface area contributed by atoms with Crippen LogP contribution in [0.25, 0.3) is 0 Å². The third kappa shape index (κ3) is 6.99. The van der Waals surface area contributed by atoms with Crippen molar-refractivity contribution < 1.29 is 23.4 Å². The summed E-state index contributed by atoms with van der Waals surface area (Å²) in [6.45, 7) is 0.259. The largest absolute Gasteiger partial charge is 0.484 e. The molecule has 1 amide bonds. The number of nitrogens with zero attached hydrogens (tertiary/aromatic N) is 2. The lowest BCUT2D eigenvalue weighted by atomic mass is 10.0. The van der Waals surface area contributed by atoms with Crippen molar-refractivity contribution in [2.24, 2.45) is 10.2 Å². The summed E-state index contributed by atoms with van der Waals surface area (Å²) in [6, 6.07) is 11.6. The summed E-state index contributed by atoms with van der Waals surface area (Å²) in [5.41, 5.74) is 1.85. The fourth-order valence-electron chi connectivity index (χ4n) is 3.54. The second-order valence-electron chi connectivity index (χ2n) is 8.03. The quantitative estimate of drug-likeness (QED) is 0.538. The molecule has 7 nitrogen and oxygen atoms in total. The van der Waals surface area contributed by atoms with Crippen molar-refractivity contribution in [1.29, 1.82) is 0 Å². The van der Waals surface area contributed by atoms with E-state index in [1.165, 1.54) is 17.7 Å². The number of amides is 1. The molecule has 0 aromatic heterocycles. The molecular formula is C24H24Cl2FN3O4. The maximum Gasteiger partial charge on any atom is 0.258 e. The summed E-state index contributed by atoms with van der Waals surface area (Å²) in [4.78, 5) is 12.1. The number of carbonyl (C=O) groups excluding carboxylic acids is 1. The highest BCUT2D eigenvalue weighted by molar-refractivity contribution is 6.30. The van der Waals surface area contributed by atoms with Crippen LogP contribution in [-0.2, 0) is 20.7 Å². The van der Waals surface area contributed by atoms with E-state index in [9.17, 15) is 9.18 Å². The zero-order chi connectivity index (χ0) is 23.9. The lowest BCUT2D eigenvalue weighted by molar-refractivity contribution is -0.172. The number of hydrogen-bond donors (Lipinski definition) is 1. The van der Waals surface area contributed by atoms with E-state index in [1.54, 1.807) is 0 Å². The van der Waals surface area contributed by atoms with Crippen molar-refractivity contribution in [3.8, 4) is 5.75 Å². The molecule has 4 rings (SSSR count). The highest BCUT2D eigenvalue weighted by Gasteiger charge is 2.28. The summed E-state index contributed by atoms with van der Waals surface area (Å²) >= 11 is 11.6. The Balaban J connectivity index is 1.15. The Hall–Kier alpha value is -2.52. The van der Waals surface area contributed by atoms with Gasteiger partial charge in [0.05, 0.1) is 30.3 Å². The van der Waals surface area contributed by atoms with Gasteiger partial charge < -0.3 is 19.5 Å². The van der Waals surface area contributed by atoms with Gasteiger partial charge in [-0.3, -0.25) is 4.79 Å². The Morgan fingerprint density at radius 3 is 2.59 bits per heavy atom. The van der Waals surface area contributed by atoms with E-state index in [0.717, 1.165) is 30.4 Å². The maximum absolute atomic E-state index is 13.4. The zero-order valence-electron chi connectivity index (χ0n) is 18.3. The van der Waals surface area contributed by atoms with E-state index in [1.807, 2.05) is 30.3 Å². The zero-order valence-corrected chi connectivity index (χ0v) is 19.8. The minimum atomic E-state index is -0.609. The second kappa shape index (κ2) is 11.8. The van der Waals surface area contributed by atoms with Crippen LogP contribution in [0.15, 0.2) is 64.5 Å². The number of carbonyl (C=O) groups is 1. The molecular weight excluding hydrogens is 484 g/mol. The number of rotatable bonds is 8. The summed E-state index contributed by atoms with van der Waals surface area (Å²) in [7, 11) is 0. The van der Waals surface area contributed by atoms with Crippen molar-refractivity contribution in [1.82, 2.24) is 5.32 Å². The molecule has 1 fully saturated rings. The molecule has 0 aliphatic carbocycles. The Morgan fingerprint density at radius 2 is 1.91 bits per heavy atom. The molecule has 1 N–H and O–H groups in total. The third-order valence-electron chi connectivity index (χ3n) is 5.38. The molecule has 0 bridgehead atoms. The molecule has 1 saturated heterocycles. The van der Waals surface area contributed by atoms with E-state index < -0.39 is 12.1 Å². The van der Waals surface area contributed by atoms with Gasteiger partial charge in [0.15, 0.2) is 6.61 Å². The molecule has 1 unspecified atom stereocenters. The highest BCUT2D eigenvalue weighted by atomic mass is 35.5. The normalized spacial score (nSPS) is 22.2. The number of azo groups is 1. The average Bonchev–Trinajstić information content (AvgIpc) is 2.85. The van der Waals surface area contributed by atoms with Gasteiger partial charge in [0.1, 0.15) is 17.3 Å². The van der Waals surface area contributed by atoms with Crippen molar-refractivity contribution in [3.05, 3.63) is 75.7 Å². The molecule has 34 heavy (non-hydrogen) atoms. The third-order valence-corrected chi connectivity index (χ3v) is 5.94. The molecule has 2 aliphatic heterocycles. The first-order valence-electron chi connectivity index (χ1n) is 10.9. The molecule has 2 aliphatic rings. The van der Waals surface area contributed by atoms with Crippen LogP contribution < -0.4 is 10.1 Å². The van der Waals surface area contributed by atoms with Crippen molar-refractivity contribution in [2.75, 3.05) is 19.8 Å². The van der Waals surface area contributed by atoms with Gasteiger partial charge in [0.2, 0.25) is 6.29 Å². The fourth-order valence-corrected chi connectivity index (χ4v) is 3.78. The van der Waals surface area contributed by atoms with Gasteiger partial charge >= 0.3 is 0 Å². The number of aryl methyl sites for hydroxylation is 1. The van der Waals surface area contributed by atoms with E-state index in [2.05, 4.69) is 15.5 Å². The van der Waals surface area contributed by atoms with E-state index in [-0.39, 0.29) is 48.6 Å². The van der Waals surface area contributed by atoms with Crippen LogP contribution in [-0.4, -0.2) is 44.1 Å². The van der Waals surface area contributed by atoms with Crippen LogP contribution in [0.4, 0.5) is 4.39 Å². The van der Waals surface area contributed by atoms with Gasteiger partial charge in [0.25, 0.3) is 5.91 Å². The minimum Gasteiger partial charge on any atom is -0.484 e. The lowest BCUT2D eigenvalue weighted by Crippen LogP contribution is -2.48. The number of hydrogen-bond acceptors (Lipinski definition) is 6. The standard InChI is InChI=1S/C24H24Cl2FN3O4/c25-16-4-1-15(2-5-16)3-6-17-7-10-22(30-29-17)24-33-12-18(13-34-24)28-23(31)14-32-19-8-9-20(26)21(27)11-19/h1-2,4-5,8-11,17-18,24H,3,6-7,12-14H2,(H,28,31). The first-order valence-corrected chi connectivity index (χ1v) is 11.7. The smallest absolute Gasteiger partial charge is 0.258 e. The highest BCUT2D eigenvalue weighted by Crippen LogP contribution is 2.24. The van der Waals surface area contributed by atoms with Gasteiger partial charge in [-0.25, -0.2) is 4.39 Å². The summed E-state index contributed by atoms with van der Waals surface area (Å²) in [5, 5.41) is 12.2. The molecule has 2 aromatic rings. The Morgan fingerprint density at radius 1 is 1.15 bits per heavy atom. The van der Waals surface area contributed by atoms with Gasteiger partial charge in [-0.05, 0) is 49.1 Å². The SMILES string of the molecule is O=C(COc1ccc(Cl)c(F)c1)NC1COC(C2=CCC(CCc3ccc(Cl)cc3)N=N2)OC1. The first kappa shape index (κ1) is 24.6. The maximum atomic E-state index is 13.4. The van der Waals surface area contributed by atoms with Gasteiger partial charge in [-0.1, -0.05) is 41.4 Å². The molecule has 0 radical (unpaired) electrons. The summed E-state index contributed by atoms with van der Waals surface area (Å²) < 4.78 is 30.2. The van der Waals surface area contributed by atoms with Gasteiger partial charge in [-0.15, -0.1) is 0 Å². The molecule has 2 heterocycles. The molecule has 2 aromatic carbocycles. The topological polar surface area (TPSA) is 81.5 Å².